The molecule has 124 valence electrons. The van der Waals surface area contributed by atoms with Crippen molar-refractivity contribution in [2.24, 2.45) is 0 Å². The maximum Gasteiger partial charge on any atom is 0.278 e. The van der Waals surface area contributed by atoms with Gasteiger partial charge in [0.25, 0.3) is 11.9 Å². The standard InChI is InChI=1S/C14H17N3O6/c1-9(20-2)22-8-23-13-10(18)3-4-17-12(13)14(19)16-5-6-21-7-11(16)15-17/h3-4,11,15H,1,5-8H2,2H3/t11-/m0/s1. The predicted molar refractivity (Wildman–Crippen MR) is 78.4 cm³/mol. The molecule has 1 amide bonds. The molecule has 2 aliphatic heterocycles. The lowest BCUT2D eigenvalue weighted by Crippen LogP contribution is -2.59. The van der Waals surface area contributed by atoms with Crippen molar-refractivity contribution in [3.63, 3.8) is 0 Å². The molecule has 9 heteroatoms. The van der Waals surface area contributed by atoms with Gasteiger partial charge in [0.1, 0.15) is 6.17 Å². The van der Waals surface area contributed by atoms with Crippen LogP contribution in [-0.4, -0.2) is 55.3 Å². The van der Waals surface area contributed by atoms with Crippen molar-refractivity contribution in [3.05, 3.63) is 40.7 Å². The molecule has 0 bridgehead atoms. The highest BCUT2D eigenvalue weighted by Crippen LogP contribution is 2.22. The van der Waals surface area contributed by atoms with Crippen LogP contribution in [0.3, 0.4) is 0 Å². The molecule has 1 aromatic rings. The van der Waals surface area contributed by atoms with Gasteiger partial charge in [-0.15, -0.1) is 0 Å². The zero-order valence-electron chi connectivity index (χ0n) is 12.6. The van der Waals surface area contributed by atoms with E-state index in [2.05, 4.69) is 12.0 Å². The number of rotatable bonds is 5. The summed E-state index contributed by atoms with van der Waals surface area (Å²) in [5.41, 5.74) is 2.82. The quantitative estimate of drug-likeness (QED) is 0.586. The summed E-state index contributed by atoms with van der Waals surface area (Å²) in [5.74, 6) is -0.332. The van der Waals surface area contributed by atoms with E-state index in [1.165, 1.54) is 24.0 Å². The number of hydrogen-bond acceptors (Lipinski definition) is 7. The second-order valence-corrected chi connectivity index (χ2v) is 4.93. The van der Waals surface area contributed by atoms with Gasteiger partial charge in [0.15, 0.2) is 5.69 Å². The van der Waals surface area contributed by atoms with E-state index >= 15 is 0 Å². The number of ether oxygens (including phenoxy) is 4. The summed E-state index contributed by atoms with van der Waals surface area (Å²) in [5, 5.41) is 0. The first-order chi connectivity index (χ1) is 11.1. The number of pyridine rings is 1. The molecule has 1 aromatic heterocycles. The number of amides is 1. The van der Waals surface area contributed by atoms with Crippen LogP contribution < -0.4 is 15.6 Å². The molecular formula is C14H17N3O6. The lowest BCUT2D eigenvalue weighted by Gasteiger charge is -2.41. The van der Waals surface area contributed by atoms with E-state index in [0.29, 0.717) is 19.8 Å². The molecular weight excluding hydrogens is 306 g/mol. The smallest absolute Gasteiger partial charge is 0.278 e. The van der Waals surface area contributed by atoms with E-state index in [0.717, 1.165) is 0 Å². The van der Waals surface area contributed by atoms with Crippen LogP contribution in [0.5, 0.6) is 5.75 Å². The molecule has 1 atom stereocenters. The first-order valence-electron chi connectivity index (χ1n) is 7.01. The van der Waals surface area contributed by atoms with Gasteiger partial charge in [0.05, 0.1) is 20.3 Å². The fraction of sp³-hybridized carbons (Fsp3) is 0.429. The fourth-order valence-electron chi connectivity index (χ4n) is 2.43. The minimum atomic E-state index is -0.412. The van der Waals surface area contributed by atoms with Gasteiger partial charge >= 0.3 is 0 Å². The minimum Gasteiger partial charge on any atom is -0.469 e. The number of nitrogens with one attached hydrogen (secondary N) is 1. The van der Waals surface area contributed by atoms with E-state index in [9.17, 15) is 9.59 Å². The third kappa shape index (κ3) is 2.82. The normalized spacial score (nSPS) is 19.3. The highest BCUT2D eigenvalue weighted by Gasteiger charge is 2.36. The number of aromatic nitrogens is 1. The van der Waals surface area contributed by atoms with Crippen LogP contribution in [0.2, 0.25) is 0 Å². The van der Waals surface area contributed by atoms with Crippen LogP contribution in [0.15, 0.2) is 29.6 Å². The van der Waals surface area contributed by atoms with Gasteiger partial charge in [0.2, 0.25) is 18.0 Å². The molecule has 9 nitrogen and oxygen atoms in total. The Kier molecular flexibility index (Phi) is 4.11. The molecule has 0 aliphatic carbocycles. The first kappa shape index (κ1) is 15.2. The molecule has 0 radical (unpaired) electrons. The Labute approximate surface area is 132 Å². The summed E-state index contributed by atoms with van der Waals surface area (Å²) >= 11 is 0. The molecule has 23 heavy (non-hydrogen) atoms. The van der Waals surface area contributed by atoms with E-state index in [1.54, 1.807) is 4.90 Å². The van der Waals surface area contributed by atoms with Crippen molar-refractivity contribution in [1.82, 2.24) is 9.58 Å². The van der Waals surface area contributed by atoms with E-state index in [4.69, 9.17) is 18.9 Å². The van der Waals surface area contributed by atoms with Crippen LogP contribution >= 0.6 is 0 Å². The number of fused-ring (bicyclic) bond motifs is 2. The summed E-state index contributed by atoms with van der Waals surface area (Å²) in [6, 6.07) is 1.31. The zero-order valence-corrected chi connectivity index (χ0v) is 12.6. The Balaban J connectivity index is 1.88. The SMILES string of the molecule is C=C(OC)OCOc1c2n(ccc1=O)N[C@@H]1COCCN1C2=O. The number of methoxy groups -OCH3 is 1. The second-order valence-electron chi connectivity index (χ2n) is 4.93. The topological polar surface area (TPSA) is 91.3 Å². The number of nitrogens with zero attached hydrogens (tertiary/aromatic N) is 2. The summed E-state index contributed by atoms with van der Waals surface area (Å²) in [6.07, 6.45) is 1.21. The van der Waals surface area contributed by atoms with Crippen molar-refractivity contribution >= 4 is 5.91 Å². The molecule has 3 rings (SSSR count). The number of carbonyl (C=O) groups excluding carboxylic acids is 1. The number of carbonyl (C=O) groups is 1. The van der Waals surface area contributed by atoms with Crippen molar-refractivity contribution < 1.29 is 23.7 Å². The Morgan fingerprint density at radius 1 is 1.52 bits per heavy atom. The minimum absolute atomic E-state index is 0.0487. The third-order valence-corrected chi connectivity index (χ3v) is 3.59. The highest BCUT2D eigenvalue weighted by molar-refractivity contribution is 5.96. The van der Waals surface area contributed by atoms with Gasteiger partial charge < -0.3 is 29.3 Å². The first-order valence-corrected chi connectivity index (χ1v) is 7.01. The van der Waals surface area contributed by atoms with Crippen molar-refractivity contribution in [2.45, 2.75) is 6.17 Å². The average Bonchev–Trinajstić information content (AvgIpc) is 2.57. The maximum atomic E-state index is 12.7. The Bertz CT molecular complexity index is 686. The third-order valence-electron chi connectivity index (χ3n) is 3.59. The summed E-state index contributed by atoms with van der Waals surface area (Å²) < 4.78 is 21.9. The fourth-order valence-corrected chi connectivity index (χ4v) is 2.43. The van der Waals surface area contributed by atoms with Gasteiger partial charge in [-0.1, -0.05) is 0 Å². The summed E-state index contributed by atoms with van der Waals surface area (Å²) in [6.45, 7) is 4.45. The maximum absolute atomic E-state index is 12.7. The van der Waals surface area contributed by atoms with Crippen molar-refractivity contribution in [3.8, 4) is 5.75 Å². The van der Waals surface area contributed by atoms with Crippen LogP contribution in [0, 0.1) is 0 Å². The van der Waals surface area contributed by atoms with Crippen LogP contribution in [0.4, 0.5) is 0 Å². The molecule has 2 aliphatic rings. The lowest BCUT2D eigenvalue weighted by molar-refractivity contribution is -0.0152. The van der Waals surface area contributed by atoms with Gasteiger partial charge in [-0.2, -0.15) is 0 Å². The monoisotopic (exact) mass is 323 g/mol. The Morgan fingerprint density at radius 3 is 3.13 bits per heavy atom. The van der Waals surface area contributed by atoms with E-state index in [-0.39, 0.29) is 36.3 Å². The van der Waals surface area contributed by atoms with Gasteiger partial charge in [-0.05, 0) is 6.58 Å². The molecule has 1 saturated heterocycles. The van der Waals surface area contributed by atoms with Crippen molar-refractivity contribution in [2.75, 3.05) is 39.1 Å². The van der Waals surface area contributed by atoms with Crippen LogP contribution in [0.1, 0.15) is 10.5 Å². The largest absolute Gasteiger partial charge is 0.469 e. The molecule has 1 fully saturated rings. The lowest BCUT2D eigenvalue weighted by atomic mass is 10.2. The average molecular weight is 323 g/mol. The molecule has 0 spiro atoms. The van der Waals surface area contributed by atoms with Gasteiger partial charge in [0, 0.05) is 18.8 Å². The zero-order chi connectivity index (χ0) is 16.4. The molecule has 0 unspecified atom stereocenters. The van der Waals surface area contributed by atoms with E-state index < -0.39 is 5.43 Å². The van der Waals surface area contributed by atoms with Crippen LogP contribution in [-0.2, 0) is 14.2 Å². The molecule has 3 heterocycles. The summed E-state index contributed by atoms with van der Waals surface area (Å²) in [4.78, 5) is 26.4. The van der Waals surface area contributed by atoms with Gasteiger partial charge in [-0.3, -0.25) is 14.3 Å². The molecule has 1 N–H and O–H groups in total. The highest BCUT2D eigenvalue weighted by atomic mass is 16.7. The molecule has 0 aromatic carbocycles. The Morgan fingerprint density at radius 2 is 2.35 bits per heavy atom. The number of hydrogen-bond donors (Lipinski definition) is 1. The predicted octanol–water partition coefficient (Wildman–Crippen LogP) is -0.326. The number of morpholine rings is 1. The van der Waals surface area contributed by atoms with Crippen LogP contribution in [0.25, 0.3) is 0 Å². The Hall–Kier alpha value is -2.68. The molecule has 0 saturated carbocycles. The van der Waals surface area contributed by atoms with Gasteiger partial charge in [-0.25, -0.2) is 0 Å². The van der Waals surface area contributed by atoms with E-state index in [1.807, 2.05) is 0 Å². The summed E-state index contributed by atoms with van der Waals surface area (Å²) in [7, 11) is 1.40. The van der Waals surface area contributed by atoms with Crippen molar-refractivity contribution in [1.29, 1.82) is 0 Å². The second kappa shape index (κ2) is 6.21.